The van der Waals surface area contributed by atoms with Gasteiger partial charge in [-0.2, -0.15) is 0 Å². The summed E-state index contributed by atoms with van der Waals surface area (Å²) in [6.45, 7) is 8.78. The number of benzene rings is 1. The molecule has 1 rings (SSSR count). The Balaban J connectivity index is 2.40. The van der Waals surface area contributed by atoms with Crippen LogP contribution in [0.25, 0.3) is 0 Å². The molecule has 0 saturated carbocycles. The van der Waals surface area contributed by atoms with Crippen molar-refractivity contribution in [3.05, 3.63) is 47.8 Å². The quantitative estimate of drug-likeness (QED) is 0.732. The van der Waals surface area contributed by atoms with E-state index in [-0.39, 0.29) is 5.82 Å². The van der Waals surface area contributed by atoms with Gasteiger partial charge in [-0.1, -0.05) is 24.3 Å². The maximum absolute atomic E-state index is 12.7. The summed E-state index contributed by atoms with van der Waals surface area (Å²) in [5.74, 6) is -0.179. The van der Waals surface area contributed by atoms with E-state index < -0.39 is 0 Å². The largest absolute Gasteiger partial charge is 0.310 e. The Labute approximate surface area is 91.0 Å². The molecule has 15 heavy (non-hydrogen) atoms. The molecule has 0 fully saturated rings. The Kier molecular flexibility index (Phi) is 4.50. The first-order valence-corrected chi connectivity index (χ1v) is 5.20. The highest BCUT2D eigenvalue weighted by Crippen LogP contribution is 2.05. The molecule has 1 unspecified atom stereocenters. The lowest BCUT2D eigenvalue weighted by atomic mass is 10.1. The van der Waals surface area contributed by atoms with Gasteiger partial charge in [-0.25, -0.2) is 4.39 Å². The topological polar surface area (TPSA) is 12.0 Å². The van der Waals surface area contributed by atoms with Crippen molar-refractivity contribution in [2.45, 2.75) is 26.3 Å². The van der Waals surface area contributed by atoms with E-state index in [0.717, 1.165) is 24.1 Å². The summed E-state index contributed by atoms with van der Waals surface area (Å²) >= 11 is 0. The predicted molar refractivity (Wildman–Crippen MR) is 62.4 cm³/mol. The van der Waals surface area contributed by atoms with E-state index in [1.54, 1.807) is 0 Å². The minimum absolute atomic E-state index is 0.179. The second kappa shape index (κ2) is 5.66. The van der Waals surface area contributed by atoms with Crippen LogP contribution in [0.5, 0.6) is 0 Å². The number of hydrogen-bond acceptors (Lipinski definition) is 1. The lowest BCUT2D eigenvalue weighted by molar-refractivity contribution is 0.571. The highest BCUT2D eigenvalue weighted by atomic mass is 19.1. The van der Waals surface area contributed by atoms with E-state index in [9.17, 15) is 4.39 Å². The molecule has 2 heteroatoms. The molecule has 0 bridgehead atoms. The van der Waals surface area contributed by atoms with E-state index in [1.165, 1.54) is 12.1 Å². The number of halogens is 1. The van der Waals surface area contributed by atoms with Gasteiger partial charge in [0, 0.05) is 12.6 Å². The van der Waals surface area contributed by atoms with Gasteiger partial charge in [-0.15, -0.1) is 0 Å². The lowest BCUT2D eigenvalue weighted by Gasteiger charge is -2.13. The van der Waals surface area contributed by atoms with Crippen molar-refractivity contribution in [3.63, 3.8) is 0 Å². The molecule has 1 nitrogen and oxygen atoms in total. The third-order valence-corrected chi connectivity index (χ3v) is 2.21. The van der Waals surface area contributed by atoms with E-state index >= 15 is 0 Å². The zero-order valence-electron chi connectivity index (χ0n) is 9.39. The number of hydrogen-bond donors (Lipinski definition) is 1. The summed E-state index contributed by atoms with van der Waals surface area (Å²) in [5, 5.41) is 3.35. The average Bonchev–Trinajstić information content (AvgIpc) is 2.19. The Hall–Kier alpha value is -1.15. The minimum Gasteiger partial charge on any atom is -0.310 e. The summed E-state index contributed by atoms with van der Waals surface area (Å²) < 4.78 is 12.7. The van der Waals surface area contributed by atoms with Crippen LogP contribution in [-0.4, -0.2) is 12.6 Å². The maximum atomic E-state index is 12.7. The minimum atomic E-state index is -0.179. The molecule has 0 saturated heterocycles. The van der Waals surface area contributed by atoms with E-state index in [1.807, 2.05) is 19.1 Å². The molecule has 82 valence electrons. The molecule has 1 N–H and O–H groups in total. The van der Waals surface area contributed by atoms with Gasteiger partial charge in [-0.05, 0) is 38.0 Å². The van der Waals surface area contributed by atoms with Gasteiger partial charge < -0.3 is 5.32 Å². The molecule has 0 spiro atoms. The summed E-state index contributed by atoms with van der Waals surface area (Å²) in [6.07, 6.45) is 0.910. The second-order valence-corrected chi connectivity index (χ2v) is 4.07. The highest BCUT2D eigenvalue weighted by Gasteiger charge is 2.02. The van der Waals surface area contributed by atoms with Crippen LogP contribution in [-0.2, 0) is 6.42 Å². The second-order valence-electron chi connectivity index (χ2n) is 4.07. The van der Waals surface area contributed by atoms with Crippen molar-refractivity contribution in [3.8, 4) is 0 Å². The van der Waals surface area contributed by atoms with Crippen molar-refractivity contribution in [1.82, 2.24) is 5.32 Å². The van der Waals surface area contributed by atoms with Crippen LogP contribution >= 0.6 is 0 Å². The molecule has 0 aliphatic carbocycles. The smallest absolute Gasteiger partial charge is 0.123 e. The first-order chi connectivity index (χ1) is 7.08. The van der Waals surface area contributed by atoms with Crippen molar-refractivity contribution >= 4 is 0 Å². The monoisotopic (exact) mass is 207 g/mol. The van der Waals surface area contributed by atoms with Gasteiger partial charge in [0.15, 0.2) is 0 Å². The fourth-order valence-electron chi connectivity index (χ4n) is 1.39. The normalized spacial score (nSPS) is 12.5. The van der Waals surface area contributed by atoms with Gasteiger partial charge in [0.2, 0.25) is 0 Å². The van der Waals surface area contributed by atoms with Gasteiger partial charge in [0.05, 0.1) is 0 Å². The number of nitrogens with one attached hydrogen (secondary N) is 1. The first-order valence-electron chi connectivity index (χ1n) is 5.20. The van der Waals surface area contributed by atoms with Crippen molar-refractivity contribution in [1.29, 1.82) is 0 Å². The van der Waals surface area contributed by atoms with Crippen molar-refractivity contribution < 1.29 is 4.39 Å². The molecule has 0 aliphatic rings. The van der Waals surface area contributed by atoms with Crippen LogP contribution in [0.4, 0.5) is 4.39 Å². The zero-order valence-corrected chi connectivity index (χ0v) is 9.39. The van der Waals surface area contributed by atoms with E-state index in [2.05, 4.69) is 18.8 Å². The van der Waals surface area contributed by atoms with Crippen LogP contribution in [0, 0.1) is 5.82 Å². The number of rotatable bonds is 5. The van der Waals surface area contributed by atoms with E-state index in [4.69, 9.17) is 0 Å². The van der Waals surface area contributed by atoms with Crippen LogP contribution in [0.2, 0.25) is 0 Å². The van der Waals surface area contributed by atoms with Gasteiger partial charge in [0.1, 0.15) is 5.82 Å². The summed E-state index contributed by atoms with van der Waals surface area (Å²) in [6, 6.07) is 7.04. The van der Waals surface area contributed by atoms with Crippen molar-refractivity contribution in [2.75, 3.05) is 6.54 Å². The van der Waals surface area contributed by atoms with Crippen LogP contribution in [0.15, 0.2) is 36.4 Å². The van der Waals surface area contributed by atoms with Gasteiger partial charge in [0.25, 0.3) is 0 Å². The van der Waals surface area contributed by atoms with Gasteiger partial charge in [-0.3, -0.25) is 0 Å². The van der Waals surface area contributed by atoms with E-state index in [0.29, 0.717) is 6.04 Å². The molecule has 0 aromatic heterocycles. The van der Waals surface area contributed by atoms with Crippen LogP contribution in [0.3, 0.4) is 0 Å². The first kappa shape index (κ1) is 11.9. The molecular weight excluding hydrogens is 189 g/mol. The molecule has 1 atom stereocenters. The van der Waals surface area contributed by atoms with Crippen molar-refractivity contribution in [2.24, 2.45) is 0 Å². The SMILES string of the molecule is C=C(C)CNC(C)Cc1ccc(F)cc1. The summed E-state index contributed by atoms with van der Waals surface area (Å²) in [5.41, 5.74) is 2.28. The molecule has 1 aromatic carbocycles. The van der Waals surface area contributed by atoms with Crippen LogP contribution in [0.1, 0.15) is 19.4 Å². The predicted octanol–water partition coefficient (Wildman–Crippen LogP) is 2.92. The fourth-order valence-corrected chi connectivity index (χ4v) is 1.39. The summed E-state index contributed by atoms with van der Waals surface area (Å²) in [7, 11) is 0. The van der Waals surface area contributed by atoms with Crippen LogP contribution < -0.4 is 5.32 Å². The Morgan fingerprint density at radius 2 is 2.00 bits per heavy atom. The Bertz CT molecular complexity index is 316. The lowest BCUT2D eigenvalue weighted by Crippen LogP contribution is -2.29. The Morgan fingerprint density at radius 1 is 1.40 bits per heavy atom. The molecule has 0 radical (unpaired) electrons. The molecule has 0 amide bonds. The summed E-state index contributed by atoms with van der Waals surface area (Å²) in [4.78, 5) is 0. The third kappa shape index (κ3) is 4.75. The highest BCUT2D eigenvalue weighted by molar-refractivity contribution is 5.17. The Morgan fingerprint density at radius 3 is 2.53 bits per heavy atom. The molecule has 0 heterocycles. The average molecular weight is 207 g/mol. The third-order valence-electron chi connectivity index (χ3n) is 2.21. The zero-order chi connectivity index (χ0) is 11.3. The maximum Gasteiger partial charge on any atom is 0.123 e. The standard InChI is InChI=1S/C13H18FN/c1-10(2)9-15-11(3)8-12-4-6-13(14)7-5-12/h4-7,11,15H,1,8-9H2,2-3H3. The molecule has 1 aromatic rings. The molecular formula is C13H18FN. The molecule has 0 aliphatic heterocycles. The van der Waals surface area contributed by atoms with Gasteiger partial charge >= 0.3 is 0 Å². The fraction of sp³-hybridized carbons (Fsp3) is 0.385.